The van der Waals surface area contributed by atoms with Crippen LogP contribution in [-0.2, 0) is 0 Å². The Hall–Kier alpha value is -1.85. The Morgan fingerprint density at radius 2 is 2.00 bits per heavy atom. The number of nitrogens with zero attached hydrogens (tertiary/aromatic N) is 5. The highest BCUT2D eigenvalue weighted by Crippen LogP contribution is 2.32. The molecule has 0 saturated carbocycles. The summed E-state index contributed by atoms with van der Waals surface area (Å²) in [6, 6.07) is -0.0266. The van der Waals surface area contributed by atoms with Crippen molar-refractivity contribution in [2.45, 2.75) is 33.1 Å². The molecular weight excluding hydrogens is 242 g/mol. The molecule has 0 aromatic carbocycles. The van der Waals surface area contributed by atoms with Gasteiger partial charge in [-0.15, -0.1) is 0 Å². The number of carbonyl (C=O) groups excluding carboxylic acids is 1. The fourth-order valence-electron chi connectivity index (χ4n) is 2.29. The molecular formula is C13H21N5O. The highest BCUT2D eigenvalue weighted by atomic mass is 16.2. The van der Waals surface area contributed by atoms with Gasteiger partial charge in [-0.25, -0.2) is 19.8 Å². The Morgan fingerprint density at radius 3 is 2.68 bits per heavy atom. The molecule has 104 valence electrons. The summed E-state index contributed by atoms with van der Waals surface area (Å²) in [4.78, 5) is 22.3. The fraction of sp³-hybridized carbons (Fsp3) is 0.615. The van der Waals surface area contributed by atoms with Crippen LogP contribution in [0.25, 0.3) is 0 Å². The molecule has 0 N–H and O–H groups in total. The van der Waals surface area contributed by atoms with Crippen LogP contribution in [0.1, 0.15) is 33.1 Å². The van der Waals surface area contributed by atoms with E-state index in [1.165, 1.54) is 6.33 Å². The second-order valence-corrected chi connectivity index (χ2v) is 4.62. The van der Waals surface area contributed by atoms with Gasteiger partial charge >= 0.3 is 6.03 Å². The lowest BCUT2D eigenvalue weighted by Gasteiger charge is -2.42. The monoisotopic (exact) mass is 263 g/mol. The van der Waals surface area contributed by atoms with Crippen molar-refractivity contribution >= 4 is 17.5 Å². The van der Waals surface area contributed by atoms with Gasteiger partial charge in [0.2, 0.25) is 0 Å². The van der Waals surface area contributed by atoms with Crippen LogP contribution in [0.4, 0.5) is 16.3 Å². The van der Waals surface area contributed by atoms with Crippen LogP contribution in [0.3, 0.4) is 0 Å². The number of rotatable bonds is 5. The molecule has 19 heavy (non-hydrogen) atoms. The summed E-state index contributed by atoms with van der Waals surface area (Å²) in [5, 5.41) is 3.72. The number of hydrogen-bond donors (Lipinski definition) is 0. The van der Waals surface area contributed by atoms with Gasteiger partial charge in [0.15, 0.2) is 5.82 Å². The standard InChI is InChI=1S/C13H21N5O/c1-4-6-7-8-18-12-11(9-14-10-15-12)16(3)13(19)17(18)5-2/h9-10H,4-8H2,1-3H3. The summed E-state index contributed by atoms with van der Waals surface area (Å²) in [5.41, 5.74) is 0.772. The zero-order chi connectivity index (χ0) is 13.8. The van der Waals surface area contributed by atoms with E-state index in [2.05, 4.69) is 16.9 Å². The molecule has 2 rings (SSSR count). The van der Waals surface area contributed by atoms with Crippen LogP contribution in [0, 0.1) is 0 Å². The molecule has 1 aliphatic heterocycles. The quantitative estimate of drug-likeness (QED) is 0.765. The molecule has 0 unspecified atom stereocenters. The second-order valence-electron chi connectivity index (χ2n) is 4.62. The number of amides is 2. The van der Waals surface area contributed by atoms with Crippen molar-refractivity contribution in [2.24, 2.45) is 0 Å². The molecule has 6 nitrogen and oxygen atoms in total. The summed E-state index contributed by atoms with van der Waals surface area (Å²) in [6.45, 7) is 5.59. The zero-order valence-corrected chi connectivity index (χ0v) is 11.8. The van der Waals surface area contributed by atoms with E-state index < -0.39 is 0 Å². The molecule has 6 heteroatoms. The first kappa shape index (κ1) is 13.6. The smallest absolute Gasteiger partial charge is 0.291 e. The summed E-state index contributed by atoms with van der Waals surface area (Å²) < 4.78 is 0. The van der Waals surface area contributed by atoms with Gasteiger partial charge in [-0.05, 0) is 13.3 Å². The number of unbranched alkanes of at least 4 members (excludes halogenated alkanes) is 2. The Balaban J connectivity index is 2.31. The van der Waals surface area contributed by atoms with Crippen molar-refractivity contribution in [3.05, 3.63) is 12.5 Å². The van der Waals surface area contributed by atoms with Gasteiger partial charge in [0, 0.05) is 20.1 Å². The molecule has 0 spiro atoms. The van der Waals surface area contributed by atoms with Gasteiger partial charge in [-0.3, -0.25) is 9.91 Å². The van der Waals surface area contributed by atoms with Crippen LogP contribution in [0.2, 0.25) is 0 Å². The van der Waals surface area contributed by atoms with E-state index >= 15 is 0 Å². The van der Waals surface area contributed by atoms with Gasteiger partial charge in [-0.1, -0.05) is 19.8 Å². The average molecular weight is 263 g/mol. The second kappa shape index (κ2) is 5.86. The minimum atomic E-state index is -0.0266. The number of carbonyl (C=O) groups is 1. The molecule has 2 heterocycles. The van der Waals surface area contributed by atoms with Crippen molar-refractivity contribution in [2.75, 3.05) is 30.0 Å². The number of hydrogen-bond acceptors (Lipinski definition) is 4. The van der Waals surface area contributed by atoms with E-state index in [0.717, 1.165) is 37.3 Å². The number of aromatic nitrogens is 2. The molecule has 1 aliphatic rings. The predicted molar refractivity (Wildman–Crippen MR) is 75.1 cm³/mol. The van der Waals surface area contributed by atoms with E-state index in [1.54, 1.807) is 23.2 Å². The molecule has 0 atom stereocenters. The van der Waals surface area contributed by atoms with Crippen molar-refractivity contribution in [1.82, 2.24) is 15.0 Å². The Labute approximate surface area is 114 Å². The average Bonchev–Trinajstić information content (AvgIpc) is 2.44. The van der Waals surface area contributed by atoms with Gasteiger partial charge in [0.1, 0.15) is 12.0 Å². The van der Waals surface area contributed by atoms with Crippen molar-refractivity contribution in [1.29, 1.82) is 0 Å². The summed E-state index contributed by atoms with van der Waals surface area (Å²) >= 11 is 0. The third kappa shape index (κ3) is 2.47. The van der Waals surface area contributed by atoms with Crippen molar-refractivity contribution < 1.29 is 4.79 Å². The molecule has 0 bridgehead atoms. The Kier molecular flexibility index (Phi) is 4.19. The number of hydrazine groups is 1. The van der Waals surface area contributed by atoms with Crippen LogP contribution in [0.15, 0.2) is 12.5 Å². The maximum Gasteiger partial charge on any atom is 0.343 e. The molecule has 2 amide bonds. The molecule has 1 aromatic rings. The van der Waals surface area contributed by atoms with Crippen LogP contribution in [0.5, 0.6) is 0 Å². The topological polar surface area (TPSA) is 52.6 Å². The fourth-order valence-corrected chi connectivity index (χ4v) is 2.29. The first-order valence-electron chi connectivity index (χ1n) is 6.83. The van der Waals surface area contributed by atoms with E-state index in [4.69, 9.17) is 0 Å². The first-order chi connectivity index (χ1) is 9.20. The largest absolute Gasteiger partial charge is 0.343 e. The maximum absolute atomic E-state index is 12.3. The summed E-state index contributed by atoms with van der Waals surface area (Å²) in [5.74, 6) is 0.815. The van der Waals surface area contributed by atoms with Crippen molar-refractivity contribution in [3.63, 3.8) is 0 Å². The van der Waals surface area contributed by atoms with Gasteiger partial charge in [-0.2, -0.15) is 0 Å². The normalized spacial score (nSPS) is 14.9. The predicted octanol–water partition coefficient (Wildman–Crippen LogP) is 2.28. The van der Waals surface area contributed by atoms with E-state index in [-0.39, 0.29) is 6.03 Å². The highest BCUT2D eigenvalue weighted by Gasteiger charge is 2.33. The molecule has 0 saturated heterocycles. The molecule has 1 aromatic heterocycles. The molecule has 0 aliphatic carbocycles. The molecule has 0 radical (unpaired) electrons. The number of urea groups is 1. The zero-order valence-electron chi connectivity index (χ0n) is 11.8. The molecule has 0 fully saturated rings. The first-order valence-corrected chi connectivity index (χ1v) is 6.83. The Bertz CT molecular complexity index is 450. The van der Waals surface area contributed by atoms with Crippen molar-refractivity contribution in [3.8, 4) is 0 Å². The summed E-state index contributed by atoms with van der Waals surface area (Å²) in [7, 11) is 1.76. The lowest BCUT2D eigenvalue weighted by Crippen LogP contribution is -2.56. The highest BCUT2D eigenvalue weighted by molar-refractivity contribution is 5.98. The number of fused-ring (bicyclic) bond motifs is 1. The lowest BCUT2D eigenvalue weighted by molar-refractivity contribution is 0.198. The lowest BCUT2D eigenvalue weighted by atomic mass is 10.2. The minimum absolute atomic E-state index is 0.0266. The summed E-state index contributed by atoms with van der Waals surface area (Å²) in [6.07, 6.45) is 6.58. The SMILES string of the molecule is CCCCCN1c2ncncc2N(C)C(=O)N1CC. The maximum atomic E-state index is 12.3. The van der Waals surface area contributed by atoms with Crippen LogP contribution < -0.4 is 9.91 Å². The van der Waals surface area contributed by atoms with E-state index in [9.17, 15) is 4.79 Å². The van der Waals surface area contributed by atoms with Gasteiger partial charge in [0.05, 0.1) is 6.20 Å². The third-order valence-corrected chi connectivity index (χ3v) is 3.35. The number of anilines is 2. The van der Waals surface area contributed by atoms with Gasteiger partial charge in [0.25, 0.3) is 0 Å². The van der Waals surface area contributed by atoms with Crippen LogP contribution >= 0.6 is 0 Å². The van der Waals surface area contributed by atoms with Crippen LogP contribution in [-0.4, -0.2) is 41.1 Å². The van der Waals surface area contributed by atoms with Gasteiger partial charge < -0.3 is 0 Å². The van der Waals surface area contributed by atoms with E-state index in [1.807, 2.05) is 11.9 Å². The minimum Gasteiger partial charge on any atom is -0.291 e. The third-order valence-electron chi connectivity index (χ3n) is 3.35. The Morgan fingerprint density at radius 1 is 1.21 bits per heavy atom. The van der Waals surface area contributed by atoms with E-state index in [0.29, 0.717) is 6.54 Å².